The van der Waals surface area contributed by atoms with E-state index in [9.17, 15) is 18.3 Å². The summed E-state index contributed by atoms with van der Waals surface area (Å²) < 4.78 is 28.4. The van der Waals surface area contributed by atoms with Gasteiger partial charge in [-0.3, -0.25) is 4.72 Å². The minimum absolute atomic E-state index is 0.00196. The van der Waals surface area contributed by atoms with Gasteiger partial charge in [0, 0.05) is 22.8 Å². The van der Waals surface area contributed by atoms with Crippen molar-refractivity contribution in [3.05, 3.63) is 59.3 Å². The van der Waals surface area contributed by atoms with Crippen molar-refractivity contribution in [3.8, 4) is 0 Å². The number of anilines is 1. The lowest BCUT2D eigenvalue weighted by molar-refractivity contribution is 0.0696. The van der Waals surface area contributed by atoms with Gasteiger partial charge in [0.1, 0.15) is 0 Å². The maximum absolute atomic E-state index is 12.9. The van der Waals surface area contributed by atoms with Crippen molar-refractivity contribution in [1.29, 1.82) is 0 Å². The smallest absolute Gasteiger partial charge is 0.335 e. The highest BCUT2D eigenvalue weighted by Gasteiger charge is 2.26. The fourth-order valence-corrected chi connectivity index (χ4v) is 4.74. The first-order valence-corrected chi connectivity index (χ1v) is 9.41. The summed E-state index contributed by atoms with van der Waals surface area (Å²) in [5, 5.41) is 10.2. The molecule has 25 heavy (non-hydrogen) atoms. The van der Waals surface area contributed by atoms with E-state index in [1.807, 2.05) is 6.07 Å². The SMILES string of the molecule is O=C(O)c1cc2c(c(S(=O)(=O)Nc3ccc4[nH]ccc4c3)c1)CCC2. The normalized spacial score (nSPS) is 13.8. The van der Waals surface area contributed by atoms with Crippen LogP contribution in [0, 0.1) is 0 Å². The first-order valence-electron chi connectivity index (χ1n) is 7.93. The van der Waals surface area contributed by atoms with Gasteiger partial charge in [0.25, 0.3) is 10.0 Å². The monoisotopic (exact) mass is 356 g/mol. The molecule has 0 saturated carbocycles. The van der Waals surface area contributed by atoms with Crippen LogP contribution in [0.4, 0.5) is 5.69 Å². The number of carboxylic acids is 1. The van der Waals surface area contributed by atoms with E-state index in [-0.39, 0.29) is 10.5 Å². The lowest BCUT2D eigenvalue weighted by Gasteiger charge is -2.13. The number of fused-ring (bicyclic) bond motifs is 2. The number of sulfonamides is 1. The van der Waals surface area contributed by atoms with Gasteiger partial charge in [-0.1, -0.05) is 0 Å². The number of rotatable bonds is 4. The first-order chi connectivity index (χ1) is 11.9. The van der Waals surface area contributed by atoms with Gasteiger partial charge in [-0.2, -0.15) is 0 Å². The third-order valence-electron chi connectivity index (χ3n) is 4.52. The van der Waals surface area contributed by atoms with Crippen LogP contribution in [-0.2, 0) is 22.9 Å². The van der Waals surface area contributed by atoms with E-state index in [4.69, 9.17) is 0 Å². The number of H-pyrrole nitrogens is 1. The second-order valence-corrected chi connectivity index (χ2v) is 7.81. The van der Waals surface area contributed by atoms with Crippen molar-refractivity contribution in [1.82, 2.24) is 4.98 Å². The van der Waals surface area contributed by atoms with Crippen LogP contribution < -0.4 is 4.72 Å². The van der Waals surface area contributed by atoms with Gasteiger partial charge in [0.05, 0.1) is 10.5 Å². The van der Waals surface area contributed by atoms with Crippen molar-refractivity contribution >= 4 is 32.6 Å². The second kappa shape index (κ2) is 5.63. The fourth-order valence-electron chi connectivity index (χ4n) is 3.36. The van der Waals surface area contributed by atoms with Crippen molar-refractivity contribution < 1.29 is 18.3 Å². The molecular formula is C18H16N2O4S. The number of nitrogens with one attached hydrogen (secondary N) is 2. The Morgan fingerprint density at radius 3 is 2.76 bits per heavy atom. The largest absolute Gasteiger partial charge is 0.478 e. The summed E-state index contributed by atoms with van der Waals surface area (Å²) in [7, 11) is -3.87. The Morgan fingerprint density at radius 2 is 1.96 bits per heavy atom. The van der Waals surface area contributed by atoms with Gasteiger partial charge in [0.15, 0.2) is 0 Å². The summed E-state index contributed by atoms with van der Waals surface area (Å²) in [5.41, 5.74) is 2.89. The van der Waals surface area contributed by atoms with Crippen LogP contribution in [0.15, 0.2) is 47.5 Å². The van der Waals surface area contributed by atoms with Crippen LogP contribution in [0.2, 0.25) is 0 Å². The Kier molecular flexibility index (Phi) is 3.54. The molecule has 2 aromatic carbocycles. The van der Waals surface area contributed by atoms with E-state index < -0.39 is 16.0 Å². The lowest BCUT2D eigenvalue weighted by atomic mass is 10.1. The number of hydrogen-bond donors (Lipinski definition) is 3. The van der Waals surface area contributed by atoms with Gasteiger partial charge in [0.2, 0.25) is 0 Å². The standard InChI is InChI=1S/C18H16N2O4S/c21-18(22)13-8-11-2-1-3-15(11)17(10-13)25(23,24)20-14-4-5-16-12(9-14)6-7-19-16/h4-10,19-20H,1-3H2,(H,21,22). The average Bonchev–Trinajstić information content (AvgIpc) is 3.21. The van der Waals surface area contributed by atoms with Crippen LogP contribution >= 0.6 is 0 Å². The average molecular weight is 356 g/mol. The second-order valence-electron chi connectivity index (χ2n) is 6.16. The topological polar surface area (TPSA) is 99.3 Å². The Bertz CT molecular complexity index is 1100. The van der Waals surface area contributed by atoms with Crippen LogP contribution in [0.3, 0.4) is 0 Å². The van der Waals surface area contributed by atoms with E-state index in [2.05, 4.69) is 9.71 Å². The molecule has 0 unspecified atom stereocenters. The van der Waals surface area contributed by atoms with E-state index >= 15 is 0 Å². The summed E-state index contributed by atoms with van der Waals surface area (Å²) >= 11 is 0. The van der Waals surface area contributed by atoms with Crippen molar-refractivity contribution in [3.63, 3.8) is 0 Å². The van der Waals surface area contributed by atoms with Crippen molar-refractivity contribution in [2.75, 3.05) is 4.72 Å². The summed E-state index contributed by atoms with van der Waals surface area (Å²) in [4.78, 5) is 14.5. The Morgan fingerprint density at radius 1 is 1.12 bits per heavy atom. The highest BCUT2D eigenvalue weighted by molar-refractivity contribution is 7.92. The molecule has 0 saturated heterocycles. The molecule has 1 aliphatic rings. The van der Waals surface area contributed by atoms with Gasteiger partial charge in [-0.05, 0) is 66.8 Å². The molecule has 0 amide bonds. The van der Waals surface area contributed by atoms with Crippen molar-refractivity contribution in [2.45, 2.75) is 24.2 Å². The van der Waals surface area contributed by atoms with Crippen LogP contribution in [0.1, 0.15) is 27.9 Å². The molecule has 0 bridgehead atoms. The molecule has 6 nitrogen and oxygen atoms in total. The third-order valence-corrected chi connectivity index (χ3v) is 5.96. The van der Waals surface area contributed by atoms with Crippen LogP contribution in [0.25, 0.3) is 10.9 Å². The Hall–Kier alpha value is -2.80. The number of carboxylic acid groups (broad SMARTS) is 1. The number of aromatic carboxylic acids is 1. The Balaban J connectivity index is 1.78. The minimum atomic E-state index is -3.87. The first kappa shape index (κ1) is 15.7. The van der Waals surface area contributed by atoms with Crippen LogP contribution in [0.5, 0.6) is 0 Å². The highest BCUT2D eigenvalue weighted by atomic mass is 32.2. The van der Waals surface area contributed by atoms with Gasteiger partial charge < -0.3 is 10.1 Å². The van der Waals surface area contributed by atoms with Gasteiger partial charge in [-0.15, -0.1) is 0 Å². The molecule has 4 rings (SSSR count). The van der Waals surface area contributed by atoms with E-state index in [1.165, 1.54) is 6.07 Å². The molecule has 1 aromatic heterocycles. The molecule has 3 aromatic rings. The number of aromatic amines is 1. The summed E-state index contributed by atoms with van der Waals surface area (Å²) in [6.45, 7) is 0. The predicted octanol–water partition coefficient (Wildman–Crippen LogP) is 3.16. The van der Waals surface area contributed by atoms with E-state index in [1.54, 1.807) is 30.5 Å². The maximum Gasteiger partial charge on any atom is 0.335 e. The van der Waals surface area contributed by atoms with E-state index in [0.717, 1.165) is 28.5 Å². The zero-order chi connectivity index (χ0) is 17.6. The number of aryl methyl sites for hydroxylation is 1. The predicted molar refractivity (Wildman–Crippen MR) is 94.5 cm³/mol. The maximum atomic E-state index is 12.9. The molecule has 0 atom stereocenters. The van der Waals surface area contributed by atoms with Crippen molar-refractivity contribution in [2.24, 2.45) is 0 Å². The number of aromatic nitrogens is 1. The molecule has 128 valence electrons. The molecule has 0 spiro atoms. The number of carbonyl (C=O) groups is 1. The minimum Gasteiger partial charge on any atom is -0.478 e. The highest BCUT2D eigenvalue weighted by Crippen LogP contribution is 2.31. The number of hydrogen-bond acceptors (Lipinski definition) is 3. The van der Waals surface area contributed by atoms with Crippen LogP contribution in [-0.4, -0.2) is 24.5 Å². The van der Waals surface area contributed by atoms with Gasteiger partial charge in [-0.25, -0.2) is 13.2 Å². The molecule has 3 N–H and O–H groups in total. The molecule has 0 radical (unpaired) electrons. The molecule has 1 aliphatic carbocycles. The molecular weight excluding hydrogens is 340 g/mol. The Labute approximate surface area is 144 Å². The summed E-state index contributed by atoms with van der Waals surface area (Å²) in [5.74, 6) is -1.13. The van der Waals surface area contributed by atoms with Gasteiger partial charge >= 0.3 is 5.97 Å². The molecule has 1 heterocycles. The molecule has 0 aliphatic heterocycles. The molecule has 0 fully saturated rings. The summed E-state index contributed by atoms with van der Waals surface area (Å²) in [6.07, 6.45) is 3.96. The third kappa shape index (κ3) is 2.76. The zero-order valence-electron chi connectivity index (χ0n) is 13.2. The zero-order valence-corrected chi connectivity index (χ0v) is 14.1. The summed E-state index contributed by atoms with van der Waals surface area (Å²) in [6, 6.07) is 9.91. The van der Waals surface area contributed by atoms with E-state index in [0.29, 0.717) is 18.5 Å². The number of benzene rings is 2. The molecule has 7 heteroatoms. The quantitative estimate of drug-likeness (QED) is 0.668. The lowest BCUT2D eigenvalue weighted by Crippen LogP contribution is -2.16. The fraction of sp³-hybridized carbons (Fsp3) is 0.167.